The minimum absolute atomic E-state index is 0.233. The molecule has 0 aromatic carbocycles. The van der Waals surface area contributed by atoms with Gasteiger partial charge < -0.3 is 5.73 Å². The Morgan fingerprint density at radius 3 is 3.00 bits per heavy atom. The molecular weight excluding hydrogens is 154 g/mol. The molecule has 2 N–H and O–H groups in total. The van der Waals surface area contributed by atoms with Crippen LogP contribution in [0, 0.1) is 0 Å². The van der Waals surface area contributed by atoms with E-state index in [2.05, 4.69) is 9.97 Å². The molecule has 1 amide bonds. The lowest BCUT2D eigenvalue weighted by Crippen LogP contribution is -2.07. The number of carbonyl (C=O) groups is 1. The first-order valence-corrected chi connectivity index (χ1v) is 3.50. The normalized spacial score (nSPS) is 10.3. The predicted molar refractivity (Wildman–Crippen MR) is 44.9 cm³/mol. The molecule has 0 bridgehead atoms. The van der Waals surface area contributed by atoms with Gasteiger partial charge in [-0.1, -0.05) is 6.08 Å². The Morgan fingerprint density at radius 1 is 1.58 bits per heavy atom. The molecule has 0 fully saturated rings. The summed E-state index contributed by atoms with van der Waals surface area (Å²) in [5.74, 6) is -0.352. The fourth-order valence-electron chi connectivity index (χ4n) is 0.693. The summed E-state index contributed by atoms with van der Waals surface area (Å²) in [5.41, 5.74) is 5.65. The van der Waals surface area contributed by atoms with Crippen molar-refractivity contribution in [3.63, 3.8) is 0 Å². The largest absolute Gasteiger partial charge is 0.369 e. The molecule has 0 aliphatic rings. The van der Waals surface area contributed by atoms with Crippen molar-refractivity contribution in [3.8, 4) is 0 Å². The van der Waals surface area contributed by atoms with Crippen LogP contribution in [0.1, 0.15) is 12.1 Å². The number of amides is 1. The molecule has 62 valence electrons. The van der Waals surface area contributed by atoms with Crippen LogP contribution in [-0.2, 0) is 4.79 Å². The van der Waals surface area contributed by atoms with E-state index < -0.39 is 0 Å². The first kappa shape index (κ1) is 8.39. The fourth-order valence-corrected chi connectivity index (χ4v) is 0.693. The van der Waals surface area contributed by atoms with Crippen LogP contribution >= 0.6 is 0 Å². The highest BCUT2D eigenvalue weighted by atomic mass is 16.1. The summed E-state index contributed by atoms with van der Waals surface area (Å²) in [7, 11) is 0. The summed E-state index contributed by atoms with van der Waals surface area (Å²) in [5, 5.41) is 0. The maximum Gasteiger partial charge on any atom is 0.221 e. The second-order valence-corrected chi connectivity index (χ2v) is 2.20. The van der Waals surface area contributed by atoms with E-state index in [4.69, 9.17) is 5.73 Å². The van der Waals surface area contributed by atoms with E-state index in [1.54, 1.807) is 30.7 Å². The second kappa shape index (κ2) is 4.23. The third-order valence-corrected chi connectivity index (χ3v) is 1.19. The number of rotatable bonds is 3. The number of hydrogen-bond donors (Lipinski definition) is 1. The Balaban J connectivity index is 2.52. The van der Waals surface area contributed by atoms with E-state index in [1.807, 2.05) is 0 Å². The van der Waals surface area contributed by atoms with Crippen molar-refractivity contribution in [1.29, 1.82) is 0 Å². The monoisotopic (exact) mass is 163 g/mol. The van der Waals surface area contributed by atoms with Crippen molar-refractivity contribution in [2.45, 2.75) is 6.42 Å². The number of primary amides is 1. The molecule has 1 aromatic rings. The fraction of sp³-hybridized carbons (Fsp3) is 0.125. The molecule has 1 aromatic heterocycles. The zero-order valence-electron chi connectivity index (χ0n) is 6.47. The average molecular weight is 163 g/mol. The van der Waals surface area contributed by atoms with Gasteiger partial charge in [0.05, 0.1) is 11.9 Å². The number of hydrogen-bond acceptors (Lipinski definition) is 3. The summed E-state index contributed by atoms with van der Waals surface area (Å²) in [4.78, 5) is 18.2. The standard InChI is InChI=1S/C8H9N3O/c9-8(12)3-1-2-7-6-10-4-5-11-7/h1-2,4-6H,3H2,(H2,9,12)/b2-1+. The maximum absolute atomic E-state index is 10.3. The maximum atomic E-state index is 10.3. The van der Waals surface area contributed by atoms with Crippen molar-refractivity contribution in [3.05, 3.63) is 30.4 Å². The van der Waals surface area contributed by atoms with Crippen LogP contribution in [0.15, 0.2) is 24.7 Å². The van der Waals surface area contributed by atoms with Gasteiger partial charge in [0.15, 0.2) is 0 Å². The Labute approximate surface area is 70.1 Å². The molecule has 4 heteroatoms. The van der Waals surface area contributed by atoms with Gasteiger partial charge in [0.2, 0.25) is 5.91 Å². The van der Waals surface area contributed by atoms with Crippen LogP contribution < -0.4 is 5.73 Å². The minimum Gasteiger partial charge on any atom is -0.369 e. The number of nitrogens with two attached hydrogens (primary N) is 1. The Hall–Kier alpha value is -1.71. The molecule has 0 atom stereocenters. The van der Waals surface area contributed by atoms with Crippen molar-refractivity contribution < 1.29 is 4.79 Å². The third kappa shape index (κ3) is 2.92. The van der Waals surface area contributed by atoms with Crippen LogP contribution in [0.5, 0.6) is 0 Å². The molecule has 0 unspecified atom stereocenters. The van der Waals surface area contributed by atoms with Gasteiger partial charge in [-0.15, -0.1) is 0 Å². The lowest BCUT2D eigenvalue weighted by molar-refractivity contribution is -0.117. The average Bonchev–Trinajstić information content (AvgIpc) is 2.05. The SMILES string of the molecule is NC(=O)C/C=C/c1cnccn1. The molecule has 1 rings (SSSR count). The van der Waals surface area contributed by atoms with Crippen molar-refractivity contribution in [1.82, 2.24) is 9.97 Å². The lowest BCUT2D eigenvalue weighted by Gasteiger charge is -1.88. The van der Waals surface area contributed by atoms with E-state index in [-0.39, 0.29) is 12.3 Å². The minimum atomic E-state index is -0.352. The lowest BCUT2D eigenvalue weighted by atomic mass is 10.3. The van der Waals surface area contributed by atoms with Gasteiger partial charge in [-0.2, -0.15) is 0 Å². The third-order valence-electron chi connectivity index (χ3n) is 1.19. The highest BCUT2D eigenvalue weighted by Crippen LogP contribution is 1.94. The molecule has 1 heterocycles. The van der Waals surface area contributed by atoms with Crippen LogP contribution in [0.25, 0.3) is 6.08 Å². The van der Waals surface area contributed by atoms with Gasteiger partial charge in [-0.05, 0) is 6.08 Å². The number of aromatic nitrogens is 2. The summed E-state index contributed by atoms with van der Waals surface area (Å²) < 4.78 is 0. The molecule has 12 heavy (non-hydrogen) atoms. The topological polar surface area (TPSA) is 68.9 Å². The molecule has 4 nitrogen and oxygen atoms in total. The Morgan fingerprint density at radius 2 is 2.42 bits per heavy atom. The molecular formula is C8H9N3O. The first-order valence-electron chi connectivity index (χ1n) is 3.50. The second-order valence-electron chi connectivity index (χ2n) is 2.20. The zero-order valence-corrected chi connectivity index (χ0v) is 6.47. The van der Waals surface area contributed by atoms with Crippen LogP contribution in [0.2, 0.25) is 0 Å². The Bertz CT molecular complexity index is 282. The Kier molecular flexibility index (Phi) is 2.95. The van der Waals surface area contributed by atoms with Gasteiger partial charge in [0.25, 0.3) is 0 Å². The summed E-state index contributed by atoms with van der Waals surface area (Å²) in [6, 6.07) is 0. The van der Waals surface area contributed by atoms with Gasteiger partial charge in [-0.3, -0.25) is 14.8 Å². The van der Waals surface area contributed by atoms with Crippen LogP contribution in [-0.4, -0.2) is 15.9 Å². The van der Waals surface area contributed by atoms with Gasteiger partial charge in [-0.25, -0.2) is 0 Å². The highest BCUT2D eigenvalue weighted by Gasteiger charge is 1.88. The van der Waals surface area contributed by atoms with E-state index in [0.29, 0.717) is 0 Å². The quantitative estimate of drug-likeness (QED) is 0.699. The summed E-state index contributed by atoms with van der Waals surface area (Å²) >= 11 is 0. The molecule has 0 spiro atoms. The number of carbonyl (C=O) groups excluding carboxylic acids is 1. The molecule has 0 aliphatic carbocycles. The molecule has 0 radical (unpaired) electrons. The van der Waals surface area contributed by atoms with E-state index in [0.717, 1.165) is 5.69 Å². The summed E-state index contributed by atoms with van der Waals surface area (Å²) in [6.45, 7) is 0. The molecule has 0 aliphatic heterocycles. The zero-order chi connectivity index (χ0) is 8.81. The number of nitrogens with zero attached hydrogens (tertiary/aromatic N) is 2. The molecule has 0 saturated carbocycles. The molecule has 0 saturated heterocycles. The van der Waals surface area contributed by atoms with Gasteiger partial charge in [0.1, 0.15) is 0 Å². The highest BCUT2D eigenvalue weighted by molar-refractivity contribution is 5.76. The van der Waals surface area contributed by atoms with Crippen LogP contribution in [0.4, 0.5) is 0 Å². The predicted octanol–water partition coefficient (Wildman–Crippen LogP) is 0.365. The van der Waals surface area contributed by atoms with E-state index in [1.165, 1.54) is 0 Å². The first-order chi connectivity index (χ1) is 5.79. The van der Waals surface area contributed by atoms with Crippen molar-refractivity contribution >= 4 is 12.0 Å². The van der Waals surface area contributed by atoms with Crippen LogP contribution in [0.3, 0.4) is 0 Å². The smallest absolute Gasteiger partial charge is 0.221 e. The van der Waals surface area contributed by atoms with Crippen molar-refractivity contribution in [2.24, 2.45) is 5.73 Å². The van der Waals surface area contributed by atoms with Gasteiger partial charge >= 0.3 is 0 Å². The van der Waals surface area contributed by atoms with E-state index in [9.17, 15) is 4.79 Å². The van der Waals surface area contributed by atoms with E-state index >= 15 is 0 Å². The van der Waals surface area contributed by atoms with Gasteiger partial charge in [0, 0.05) is 18.8 Å². The summed E-state index contributed by atoms with van der Waals surface area (Å²) in [6.07, 6.45) is 8.38. The van der Waals surface area contributed by atoms with Crippen molar-refractivity contribution in [2.75, 3.05) is 0 Å².